The van der Waals surface area contributed by atoms with E-state index in [0.29, 0.717) is 18.8 Å². The van der Waals surface area contributed by atoms with Gasteiger partial charge in [0.2, 0.25) is 0 Å². The van der Waals surface area contributed by atoms with Gasteiger partial charge in [-0.1, -0.05) is 0 Å². The molecule has 0 radical (unpaired) electrons. The van der Waals surface area contributed by atoms with Gasteiger partial charge >= 0.3 is 0 Å². The third kappa shape index (κ3) is 4.30. The van der Waals surface area contributed by atoms with E-state index in [-0.39, 0.29) is 12.5 Å². The third-order valence-corrected chi connectivity index (χ3v) is 3.82. The molecule has 0 atom stereocenters. The Morgan fingerprint density at radius 3 is 2.62 bits per heavy atom. The molecule has 1 saturated heterocycles. The predicted molar refractivity (Wildman–Crippen MR) is 78.4 cm³/mol. The number of furan rings is 1. The van der Waals surface area contributed by atoms with E-state index in [4.69, 9.17) is 9.15 Å². The molecular formula is C15H24N2O4. The number of rotatable bonds is 6. The molecular weight excluding hydrogens is 272 g/mol. The molecule has 0 unspecified atom stereocenters. The van der Waals surface area contributed by atoms with Gasteiger partial charge in [-0.15, -0.1) is 0 Å². The van der Waals surface area contributed by atoms with Gasteiger partial charge in [0, 0.05) is 32.7 Å². The number of aliphatic hydroxyl groups excluding tert-OH is 1. The highest BCUT2D eigenvalue weighted by molar-refractivity contribution is 5.91. The summed E-state index contributed by atoms with van der Waals surface area (Å²) in [6.07, 6.45) is 0. The highest BCUT2D eigenvalue weighted by Crippen LogP contribution is 2.15. The van der Waals surface area contributed by atoms with E-state index in [2.05, 4.69) is 4.90 Å². The van der Waals surface area contributed by atoms with Crippen molar-refractivity contribution >= 4 is 5.91 Å². The van der Waals surface area contributed by atoms with Gasteiger partial charge in [-0.2, -0.15) is 0 Å². The second kappa shape index (κ2) is 7.59. The Kier molecular flexibility index (Phi) is 5.78. The largest absolute Gasteiger partial charge is 0.456 e. The van der Waals surface area contributed by atoms with Crippen LogP contribution >= 0.6 is 0 Å². The molecule has 1 N–H and O–H groups in total. The summed E-state index contributed by atoms with van der Waals surface area (Å²) in [5, 5.41) is 9.17. The number of hydrogen-bond acceptors (Lipinski definition) is 5. The van der Waals surface area contributed by atoms with Gasteiger partial charge in [-0.25, -0.2) is 0 Å². The number of aliphatic hydroxyl groups is 1. The summed E-state index contributed by atoms with van der Waals surface area (Å²) < 4.78 is 10.8. The maximum Gasteiger partial charge on any atom is 0.289 e. The van der Waals surface area contributed by atoms with Crippen LogP contribution in [0.1, 0.15) is 21.9 Å². The lowest BCUT2D eigenvalue weighted by Gasteiger charge is -2.29. The second-order valence-electron chi connectivity index (χ2n) is 5.32. The van der Waals surface area contributed by atoms with E-state index in [0.717, 1.165) is 44.2 Å². The fraction of sp³-hybridized carbons (Fsp3) is 0.667. The van der Waals surface area contributed by atoms with Crippen molar-refractivity contribution in [1.29, 1.82) is 0 Å². The van der Waals surface area contributed by atoms with Crippen molar-refractivity contribution < 1.29 is 19.1 Å². The van der Waals surface area contributed by atoms with Crippen molar-refractivity contribution in [3.8, 4) is 0 Å². The molecule has 0 aliphatic carbocycles. The summed E-state index contributed by atoms with van der Waals surface area (Å²) in [4.78, 5) is 16.4. The van der Waals surface area contributed by atoms with Crippen LogP contribution in [-0.4, -0.2) is 73.4 Å². The van der Waals surface area contributed by atoms with Crippen molar-refractivity contribution in [2.75, 3.05) is 52.5 Å². The van der Waals surface area contributed by atoms with Crippen LogP contribution in [0, 0.1) is 13.8 Å². The van der Waals surface area contributed by atoms with Gasteiger partial charge in [0.25, 0.3) is 5.91 Å². The fourth-order valence-electron chi connectivity index (χ4n) is 2.36. The van der Waals surface area contributed by atoms with E-state index in [1.807, 2.05) is 13.8 Å². The molecule has 1 amide bonds. The predicted octanol–water partition coefficient (Wildman–Crippen LogP) is 0.663. The van der Waals surface area contributed by atoms with Crippen LogP contribution in [0.25, 0.3) is 0 Å². The minimum absolute atomic E-state index is 0.0481. The molecule has 118 valence electrons. The van der Waals surface area contributed by atoms with Gasteiger partial charge in [0.05, 0.1) is 19.8 Å². The number of morpholine rings is 1. The van der Waals surface area contributed by atoms with Crippen molar-refractivity contribution in [1.82, 2.24) is 9.80 Å². The monoisotopic (exact) mass is 296 g/mol. The van der Waals surface area contributed by atoms with Crippen molar-refractivity contribution in [3.63, 3.8) is 0 Å². The van der Waals surface area contributed by atoms with Crippen molar-refractivity contribution in [2.45, 2.75) is 13.8 Å². The van der Waals surface area contributed by atoms with Crippen LogP contribution < -0.4 is 0 Å². The van der Waals surface area contributed by atoms with Crippen LogP contribution in [0.2, 0.25) is 0 Å². The first kappa shape index (κ1) is 16.0. The van der Waals surface area contributed by atoms with E-state index < -0.39 is 0 Å². The topological polar surface area (TPSA) is 66.2 Å². The van der Waals surface area contributed by atoms with Gasteiger partial charge < -0.3 is 19.2 Å². The van der Waals surface area contributed by atoms with Crippen molar-refractivity contribution in [2.24, 2.45) is 0 Å². The average molecular weight is 296 g/mol. The zero-order valence-electron chi connectivity index (χ0n) is 12.8. The lowest BCUT2D eigenvalue weighted by molar-refractivity contribution is 0.0310. The lowest BCUT2D eigenvalue weighted by atomic mass is 10.2. The highest BCUT2D eigenvalue weighted by Gasteiger charge is 2.21. The number of carbonyl (C=O) groups is 1. The van der Waals surface area contributed by atoms with Crippen LogP contribution in [0.4, 0.5) is 0 Å². The zero-order chi connectivity index (χ0) is 15.2. The molecule has 0 bridgehead atoms. The van der Waals surface area contributed by atoms with E-state index in [1.165, 1.54) is 0 Å². The normalized spacial score (nSPS) is 16.1. The SMILES string of the molecule is Cc1cc(C(=O)N(CCO)CCN2CCOCC2)oc1C. The molecule has 0 saturated carbocycles. The summed E-state index contributed by atoms with van der Waals surface area (Å²) >= 11 is 0. The minimum Gasteiger partial charge on any atom is -0.456 e. The quantitative estimate of drug-likeness (QED) is 0.835. The Hall–Kier alpha value is -1.37. The summed E-state index contributed by atoms with van der Waals surface area (Å²) in [6, 6.07) is 1.76. The first-order chi connectivity index (χ1) is 10.1. The van der Waals surface area contributed by atoms with E-state index >= 15 is 0 Å². The van der Waals surface area contributed by atoms with Crippen molar-refractivity contribution in [3.05, 3.63) is 23.2 Å². The molecule has 1 aliphatic rings. The van der Waals surface area contributed by atoms with Crippen LogP contribution in [0.15, 0.2) is 10.5 Å². The number of ether oxygens (including phenoxy) is 1. The maximum absolute atomic E-state index is 12.5. The molecule has 0 spiro atoms. The lowest BCUT2D eigenvalue weighted by Crippen LogP contribution is -2.43. The highest BCUT2D eigenvalue weighted by atomic mass is 16.5. The summed E-state index contributed by atoms with van der Waals surface area (Å²) in [7, 11) is 0. The molecule has 21 heavy (non-hydrogen) atoms. The van der Waals surface area contributed by atoms with Gasteiger partial charge in [-0.05, 0) is 25.5 Å². The Morgan fingerprint density at radius 2 is 2.05 bits per heavy atom. The number of nitrogens with zero attached hydrogens (tertiary/aromatic N) is 2. The summed E-state index contributed by atoms with van der Waals surface area (Å²) in [6.45, 7) is 8.66. The summed E-state index contributed by atoms with van der Waals surface area (Å²) in [5.74, 6) is 0.949. The molecule has 6 nitrogen and oxygen atoms in total. The minimum atomic E-state index is -0.159. The number of carbonyl (C=O) groups excluding carboxylic acids is 1. The maximum atomic E-state index is 12.5. The number of amides is 1. The Morgan fingerprint density at radius 1 is 1.33 bits per heavy atom. The average Bonchev–Trinajstić information content (AvgIpc) is 2.83. The molecule has 2 rings (SSSR count). The van der Waals surface area contributed by atoms with Crippen LogP contribution in [0.3, 0.4) is 0 Å². The standard InChI is InChI=1S/C15H24N2O4/c1-12-11-14(21-13(12)2)15(19)17(5-8-18)4-3-16-6-9-20-10-7-16/h11,18H,3-10H2,1-2H3. The molecule has 1 aliphatic heterocycles. The molecule has 2 heterocycles. The molecule has 6 heteroatoms. The second-order valence-corrected chi connectivity index (χ2v) is 5.32. The number of hydrogen-bond donors (Lipinski definition) is 1. The molecule has 1 fully saturated rings. The fourth-order valence-corrected chi connectivity index (χ4v) is 2.36. The van der Waals surface area contributed by atoms with E-state index in [9.17, 15) is 9.90 Å². The smallest absolute Gasteiger partial charge is 0.289 e. The van der Waals surface area contributed by atoms with Crippen LogP contribution in [-0.2, 0) is 4.74 Å². The van der Waals surface area contributed by atoms with Gasteiger partial charge in [-0.3, -0.25) is 9.69 Å². The van der Waals surface area contributed by atoms with Crippen LogP contribution in [0.5, 0.6) is 0 Å². The first-order valence-electron chi connectivity index (χ1n) is 7.39. The molecule has 1 aromatic rings. The number of aryl methyl sites for hydroxylation is 2. The van der Waals surface area contributed by atoms with Gasteiger partial charge in [0.15, 0.2) is 5.76 Å². The Labute approximate surface area is 125 Å². The molecule has 1 aromatic heterocycles. The van der Waals surface area contributed by atoms with E-state index in [1.54, 1.807) is 11.0 Å². The third-order valence-electron chi connectivity index (χ3n) is 3.82. The molecule has 0 aromatic carbocycles. The first-order valence-corrected chi connectivity index (χ1v) is 7.39. The zero-order valence-corrected chi connectivity index (χ0v) is 12.8. The Bertz CT molecular complexity index is 447. The van der Waals surface area contributed by atoms with Gasteiger partial charge in [0.1, 0.15) is 5.76 Å². The summed E-state index contributed by atoms with van der Waals surface area (Å²) in [5.41, 5.74) is 0.968. The Balaban J connectivity index is 1.95.